The van der Waals surface area contributed by atoms with Gasteiger partial charge in [-0.2, -0.15) is 0 Å². The maximum atomic E-state index is 13.1. The summed E-state index contributed by atoms with van der Waals surface area (Å²) in [5.74, 6) is -0.873. The Bertz CT molecular complexity index is 832. The number of likely N-dealkylation sites (N-methyl/N-ethyl adjacent to an activating group) is 1. The number of nitrogens with two attached hydrogens (primary N) is 1. The van der Waals surface area contributed by atoms with E-state index < -0.39 is 66.2 Å². The number of rotatable bonds is 8. The summed E-state index contributed by atoms with van der Waals surface area (Å²) in [7, 11) is 1.61. The summed E-state index contributed by atoms with van der Waals surface area (Å²) < 4.78 is 24.2. The van der Waals surface area contributed by atoms with E-state index in [0.717, 1.165) is 19.3 Å². The van der Waals surface area contributed by atoms with Crippen molar-refractivity contribution in [1.29, 1.82) is 0 Å². The Morgan fingerprint density at radius 2 is 1.77 bits per heavy atom. The highest BCUT2D eigenvalue weighted by molar-refractivity contribution is 5.86. The van der Waals surface area contributed by atoms with Gasteiger partial charge in [-0.25, -0.2) is 0 Å². The highest BCUT2D eigenvalue weighted by Gasteiger charge is 2.52. The second-order valence-corrected chi connectivity index (χ2v) is 11.8. The third-order valence-electron chi connectivity index (χ3n) is 8.56. The Balaban J connectivity index is 1.54. The maximum Gasteiger partial charge on any atom is 0.255 e. The van der Waals surface area contributed by atoms with Crippen LogP contribution < -0.4 is 27.2 Å². The molecule has 4 rings (SSSR count). The number of nitrogens with one attached hydrogen (secondary N) is 4. The predicted molar refractivity (Wildman–Crippen MR) is 138 cm³/mol. The topological polar surface area (TPSA) is 209 Å². The zero-order valence-corrected chi connectivity index (χ0v) is 23.2. The number of β-amino-alcohol motifs (C(OH)–C–C–N with tert-alkyl or cyclic N) is 1. The quantitative estimate of drug-likeness (QED) is 0.143. The van der Waals surface area contributed by atoms with Crippen LogP contribution in [0.3, 0.4) is 0 Å². The third-order valence-corrected chi connectivity index (χ3v) is 8.56. The van der Waals surface area contributed by atoms with Crippen LogP contribution in [0, 0.1) is 5.92 Å². The molecule has 1 saturated carbocycles. The van der Waals surface area contributed by atoms with Gasteiger partial charge in [-0.1, -0.05) is 13.8 Å². The summed E-state index contributed by atoms with van der Waals surface area (Å²) in [5.41, 5.74) is 8.75. The molecule has 0 aromatic heterocycles. The average molecular weight is 562 g/mol. The minimum Gasteiger partial charge on any atom is -0.388 e. The molecular formula is C25H47N5O9. The molecule has 39 heavy (non-hydrogen) atoms. The first-order valence-corrected chi connectivity index (χ1v) is 14.0. The molecule has 10 N–H and O–H groups in total. The maximum absolute atomic E-state index is 13.1. The zero-order valence-electron chi connectivity index (χ0n) is 23.2. The summed E-state index contributed by atoms with van der Waals surface area (Å²) in [5, 5.41) is 49.7. The first kappa shape index (κ1) is 30.9. The van der Waals surface area contributed by atoms with Crippen LogP contribution in [0.15, 0.2) is 0 Å². The lowest BCUT2D eigenvalue weighted by molar-refractivity contribution is -0.311. The number of aliphatic hydroxyl groups excluding tert-OH is 2. The minimum atomic E-state index is -1.68. The van der Waals surface area contributed by atoms with Crippen LogP contribution in [0.2, 0.25) is 0 Å². The number of carbonyl (C=O) groups is 1. The molecule has 14 heteroatoms. The van der Waals surface area contributed by atoms with Crippen molar-refractivity contribution in [2.24, 2.45) is 11.7 Å². The van der Waals surface area contributed by atoms with Gasteiger partial charge in [0.05, 0.1) is 36.9 Å². The Labute approximate surface area is 229 Å². The summed E-state index contributed by atoms with van der Waals surface area (Å²) in [6, 6.07) is -1.88. The summed E-state index contributed by atoms with van der Waals surface area (Å²) >= 11 is 0. The van der Waals surface area contributed by atoms with Gasteiger partial charge < -0.3 is 55.7 Å². The molecule has 3 saturated heterocycles. The van der Waals surface area contributed by atoms with Crippen molar-refractivity contribution >= 4 is 5.91 Å². The van der Waals surface area contributed by atoms with Gasteiger partial charge in [0.2, 0.25) is 0 Å². The van der Waals surface area contributed by atoms with E-state index in [1.807, 2.05) is 13.8 Å². The van der Waals surface area contributed by atoms with Crippen molar-refractivity contribution in [3.63, 3.8) is 0 Å². The van der Waals surface area contributed by atoms with E-state index in [1.165, 1.54) is 0 Å². The molecule has 0 aromatic rings. The van der Waals surface area contributed by atoms with E-state index in [-0.39, 0.29) is 37.8 Å². The second kappa shape index (κ2) is 12.5. The number of hydrogen-bond acceptors (Lipinski definition) is 13. The molecule has 4 fully saturated rings. The van der Waals surface area contributed by atoms with E-state index in [0.29, 0.717) is 6.42 Å². The zero-order chi connectivity index (χ0) is 28.5. The molecule has 6 unspecified atom stereocenters. The molecule has 1 aliphatic carbocycles. The van der Waals surface area contributed by atoms with E-state index >= 15 is 0 Å². The number of amides is 1. The summed E-state index contributed by atoms with van der Waals surface area (Å²) in [6.45, 7) is 5.36. The van der Waals surface area contributed by atoms with Gasteiger partial charge >= 0.3 is 0 Å². The fourth-order valence-electron chi connectivity index (χ4n) is 6.09. The van der Waals surface area contributed by atoms with Crippen LogP contribution in [0.1, 0.15) is 46.5 Å². The number of ether oxygens (including phenoxy) is 4. The van der Waals surface area contributed by atoms with Gasteiger partial charge in [-0.15, -0.1) is 0 Å². The third kappa shape index (κ3) is 6.58. The van der Waals surface area contributed by atoms with Crippen molar-refractivity contribution in [1.82, 2.24) is 21.5 Å². The predicted octanol–water partition coefficient (Wildman–Crippen LogP) is -3.22. The molecule has 226 valence electrons. The van der Waals surface area contributed by atoms with Crippen LogP contribution >= 0.6 is 0 Å². The molecule has 12 atom stereocenters. The molecule has 0 aromatic carbocycles. The lowest BCUT2D eigenvalue weighted by Gasteiger charge is -2.49. The van der Waals surface area contributed by atoms with Crippen LogP contribution in [0.5, 0.6) is 0 Å². The van der Waals surface area contributed by atoms with Gasteiger partial charge in [0.15, 0.2) is 18.2 Å². The number of hydrazine groups is 1. The number of aliphatic hydroxyl groups is 4. The summed E-state index contributed by atoms with van der Waals surface area (Å²) in [6.07, 6.45) is -3.59. The molecule has 3 heterocycles. The van der Waals surface area contributed by atoms with E-state index in [9.17, 15) is 25.2 Å². The highest BCUT2D eigenvalue weighted by atomic mass is 16.7. The Kier molecular flexibility index (Phi) is 9.89. The Hall–Kier alpha value is -1.01. The largest absolute Gasteiger partial charge is 0.388 e. The van der Waals surface area contributed by atoms with Crippen LogP contribution in [0.4, 0.5) is 0 Å². The average Bonchev–Trinajstić information content (AvgIpc) is 3.34. The fourth-order valence-corrected chi connectivity index (χ4v) is 6.09. The molecule has 14 nitrogen and oxygen atoms in total. The first-order valence-electron chi connectivity index (χ1n) is 14.0. The normalized spacial score (nSPS) is 46.6. The lowest BCUT2D eigenvalue weighted by atomic mass is 9.79. The van der Waals surface area contributed by atoms with Crippen LogP contribution in [0.25, 0.3) is 0 Å². The van der Waals surface area contributed by atoms with Gasteiger partial charge in [0, 0.05) is 13.1 Å². The minimum absolute atomic E-state index is 0.0105. The SMILES string of the molecule is CC[C@@H]1CCC(N)[C@@H](OC2C(O)C(O[C@H]3OCC(C)(O)[C@H](NC)C3O)[C@H](NC(=O)C3(O)CNNC3)C[C@@H]2C)O1. The fraction of sp³-hybridized carbons (Fsp3) is 0.960. The van der Waals surface area contributed by atoms with Gasteiger partial charge in [0.25, 0.3) is 5.91 Å². The lowest BCUT2D eigenvalue weighted by Crippen LogP contribution is -2.68. The number of carbonyl (C=O) groups excluding carboxylic acids is 1. The van der Waals surface area contributed by atoms with Gasteiger partial charge in [-0.05, 0) is 45.6 Å². The van der Waals surface area contributed by atoms with Gasteiger partial charge in [-0.3, -0.25) is 15.6 Å². The standard InChI is InChI=1S/C25H47N5O9/c1-5-13-6-7-14(26)21(37-13)38-18-12(2)8-15(30-23(33)25(35)9-28-29-10-25)19(16(18)31)39-22-17(32)20(27-4)24(3,34)11-36-22/h12-22,27-29,31-32,34-35H,5-11,26H2,1-4H3,(H,30,33)/t12-,13+,14?,15+,16?,17?,18?,19?,20+,21+,22+,24?/m0/s1. The highest BCUT2D eigenvalue weighted by Crippen LogP contribution is 2.35. The second-order valence-electron chi connectivity index (χ2n) is 11.8. The molecule has 0 radical (unpaired) electrons. The van der Waals surface area contributed by atoms with Gasteiger partial charge in [0.1, 0.15) is 23.9 Å². The van der Waals surface area contributed by atoms with Crippen molar-refractivity contribution < 1.29 is 44.2 Å². The van der Waals surface area contributed by atoms with Crippen molar-refractivity contribution in [2.75, 3.05) is 26.7 Å². The molecule has 0 spiro atoms. The van der Waals surface area contributed by atoms with Crippen molar-refractivity contribution in [3.05, 3.63) is 0 Å². The molecule has 0 bridgehead atoms. The molecule has 3 aliphatic heterocycles. The van der Waals surface area contributed by atoms with Crippen LogP contribution in [-0.2, 0) is 23.7 Å². The Morgan fingerprint density at radius 3 is 2.41 bits per heavy atom. The van der Waals surface area contributed by atoms with Crippen molar-refractivity contribution in [2.45, 2.75) is 119 Å². The van der Waals surface area contributed by atoms with Crippen molar-refractivity contribution in [3.8, 4) is 0 Å². The Morgan fingerprint density at radius 1 is 1.10 bits per heavy atom. The van der Waals surface area contributed by atoms with Crippen LogP contribution in [-0.4, -0.2) is 126 Å². The molecular weight excluding hydrogens is 514 g/mol. The monoisotopic (exact) mass is 561 g/mol. The molecule has 1 amide bonds. The van der Waals surface area contributed by atoms with E-state index in [2.05, 4.69) is 21.5 Å². The smallest absolute Gasteiger partial charge is 0.255 e. The first-order chi connectivity index (χ1) is 18.4. The van der Waals surface area contributed by atoms with E-state index in [1.54, 1.807) is 14.0 Å². The number of hydrogen-bond donors (Lipinski definition) is 9. The summed E-state index contributed by atoms with van der Waals surface area (Å²) in [4.78, 5) is 13.1. The molecule has 4 aliphatic rings. The van der Waals surface area contributed by atoms with E-state index in [4.69, 9.17) is 24.7 Å².